The molecule has 0 N–H and O–H groups in total. The number of amides is 3. The molecule has 0 radical (unpaired) electrons. The van der Waals surface area contributed by atoms with E-state index in [4.69, 9.17) is 4.74 Å². The molecule has 0 bridgehead atoms. The minimum absolute atomic E-state index is 0.0613. The summed E-state index contributed by atoms with van der Waals surface area (Å²) in [5, 5.41) is 3.50. The first-order valence-electron chi connectivity index (χ1n) is 14.0. The smallest absolute Gasteiger partial charge is 0.410 e. The van der Waals surface area contributed by atoms with Crippen LogP contribution < -0.4 is 15.9 Å². The highest BCUT2D eigenvalue weighted by atomic mass is 31.2. The van der Waals surface area contributed by atoms with Gasteiger partial charge in [0.2, 0.25) is 5.91 Å². The van der Waals surface area contributed by atoms with Crippen molar-refractivity contribution in [3.63, 3.8) is 0 Å². The molecule has 3 atom stereocenters. The Hall–Kier alpha value is -3.96. The maximum Gasteiger partial charge on any atom is 0.410 e. The number of benzene rings is 3. The Labute approximate surface area is 242 Å². The monoisotopic (exact) mass is 570 g/mol. The van der Waals surface area contributed by atoms with Crippen LogP contribution in [-0.2, 0) is 14.3 Å². The Morgan fingerprint density at radius 3 is 1.90 bits per heavy atom. The number of hydrogen-bond acceptors (Lipinski definition) is 4. The van der Waals surface area contributed by atoms with Gasteiger partial charge in [0.25, 0.3) is 5.91 Å². The average Bonchev–Trinajstić information content (AvgIpc) is 3.62. The molecular weight excluding hydrogens is 533 g/mol. The molecule has 212 valence electrons. The van der Waals surface area contributed by atoms with Gasteiger partial charge in [0.05, 0.1) is 6.04 Å². The van der Waals surface area contributed by atoms with Gasteiger partial charge in [-0.3, -0.25) is 14.5 Å². The molecule has 2 heterocycles. The SMILES string of the molecule is C=CCOC(=O)N1CC(N2CC[C@H]([P+](c3ccccc3)(c3ccccc3)c3ccccc3)C2=O)C[C@H]1C(=O)N(C)C. The number of ether oxygens (including phenoxy) is 1. The van der Waals surface area contributed by atoms with Crippen LogP contribution in [0.4, 0.5) is 4.79 Å². The molecule has 0 aliphatic carbocycles. The zero-order valence-corrected chi connectivity index (χ0v) is 24.5. The fourth-order valence-corrected chi connectivity index (χ4v) is 11.3. The fourth-order valence-electron chi connectivity index (χ4n) is 6.37. The number of nitrogens with zero attached hydrogens (tertiary/aromatic N) is 3. The van der Waals surface area contributed by atoms with Crippen molar-refractivity contribution in [1.82, 2.24) is 14.7 Å². The van der Waals surface area contributed by atoms with Gasteiger partial charge < -0.3 is 14.5 Å². The van der Waals surface area contributed by atoms with Crippen LogP contribution in [0.5, 0.6) is 0 Å². The summed E-state index contributed by atoms with van der Waals surface area (Å²) in [6.45, 7) is 4.50. The molecule has 3 aromatic carbocycles. The molecule has 7 nitrogen and oxygen atoms in total. The van der Waals surface area contributed by atoms with Crippen molar-refractivity contribution in [3.8, 4) is 0 Å². The largest absolute Gasteiger partial charge is 0.445 e. The molecular formula is C33H37N3O4P+. The third-order valence-corrected chi connectivity index (χ3v) is 12.9. The highest BCUT2D eigenvalue weighted by Crippen LogP contribution is 2.62. The van der Waals surface area contributed by atoms with Gasteiger partial charge in [0.15, 0.2) is 5.66 Å². The summed E-state index contributed by atoms with van der Waals surface area (Å²) >= 11 is 0. The van der Waals surface area contributed by atoms with Gasteiger partial charge in [0, 0.05) is 33.6 Å². The first-order chi connectivity index (χ1) is 19.9. The molecule has 0 aromatic heterocycles. The minimum atomic E-state index is -2.42. The van der Waals surface area contributed by atoms with Crippen molar-refractivity contribution in [2.75, 3.05) is 33.8 Å². The Balaban J connectivity index is 1.54. The standard InChI is InChI=1S/C33H37N3O4P/c1-4-22-40-33(39)36-24-25(23-29(36)31(37)34(2)3)35-21-20-30(32(35)38)41(26-14-8-5-9-15-26,27-16-10-6-11-17-27)28-18-12-7-13-19-28/h4-19,25,29-30H,1,20-24H2,2-3H3/q+1/t25?,29-,30-/m0/s1. The third-order valence-electron chi connectivity index (χ3n) is 8.17. The Bertz CT molecular complexity index is 1290. The van der Waals surface area contributed by atoms with Crippen LogP contribution in [0.25, 0.3) is 0 Å². The Kier molecular flexibility index (Phi) is 8.55. The first-order valence-corrected chi connectivity index (χ1v) is 15.9. The molecule has 2 fully saturated rings. The van der Waals surface area contributed by atoms with E-state index < -0.39 is 19.4 Å². The predicted molar refractivity (Wildman–Crippen MR) is 164 cm³/mol. The van der Waals surface area contributed by atoms with Crippen molar-refractivity contribution in [3.05, 3.63) is 104 Å². The molecule has 2 aliphatic rings. The second kappa shape index (κ2) is 12.3. The van der Waals surface area contributed by atoms with Gasteiger partial charge in [-0.25, -0.2) is 4.79 Å². The maximum absolute atomic E-state index is 14.6. The summed E-state index contributed by atoms with van der Waals surface area (Å²) in [5.41, 5.74) is -0.264. The van der Waals surface area contributed by atoms with Crippen molar-refractivity contribution in [2.45, 2.75) is 30.6 Å². The third kappa shape index (κ3) is 5.27. The van der Waals surface area contributed by atoms with E-state index in [9.17, 15) is 14.4 Å². The van der Waals surface area contributed by atoms with Crippen LogP contribution in [0.3, 0.4) is 0 Å². The molecule has 3 amide bonds. The lowest BCUT2D eigenvalue weighted by Crippen LogP contribution is -2.46. The number of carbonyl (C=O) groups excluding carboxylic acids is 3. The highest BCUT2D eigenvalue weighted by molar-refractivity contribution is 7.96. The van der Waals surface area contributed by atoms with E-state index in [0.29, 0.717) is 19.4 Å². The lowest BCUT2D eigenvalue weighted by atomic mass is 10.1. The van der Waals surface area contributed by atoms with Crippen LogP contribution in [-0.4, -0.2) is 84.1 Å². The van der Waals surface area contributed by atoms with Crippen LogP contribution in [0.15, 0.2) is 104 Å². The Morgan fingerprint density at radius 1 is 0.927 bits per heavy atom. The van der Waals surface area contributed by atoms with Gasteiger partial charge in [0.1, 0.15) is 35.8 Å². The number of carbonyl (C=O) groups is 3. The molecule has 41 heavy (non-hydrogen) atoms. The first kappa shape index (κ1) is 28.6. The normalized spacial score (nSPS) is 20.6. The average molecular weight is 571 g/mol. The van der Waals surface area contributed by atoms with E-state index in [-0.39, 0.29) is 36.7 Å². The van der Waals surface area contributed by atoms with E-state index in [1.165, 1.54) is 31.8 Å². The van der Waals surface area contributed by atoms with Crippen molar-refractivity contribution >= 4 is 41.1 Å². The summed E-state index contributed by atoms with van der Waals surface area (Å²) in [6.07, 6.45) is 2.01. The Morgan fingerprint density at radius 2 is 1.44 bits per heavy atom. The van der Waals surface area contributed by atoms with E-state index in [2.05, 4.69) is 43.0 Å². The second-order valence-electron chi connectivity index (χ2n) is 10.7. The van der Waals surface area contributed by atoms with Crippen LogP contribution in [0, 0.1) is 0 Å². The second-order valence-corrected chi connectivity index (χ2v) is 14.3. The number of rotatable bonds is 8. The maximum atomic E-state index is 14.6. The van der Waals surface area contributed by atoms with Gasteiger partial charge in [-0.2, -0.15) is 0 Å². The summed E-state index contributed by atoms with van der Waals surface area (Å²) in [7, 11) is 0.941. The summed E-state index contributed by atoms with van der Waals surface area (Å²) in [4.78, 5) is 45.6. The van der Waals surface area contributed by atoms with Gasteiger partial charge in [-0.1, -0.05) is 67.3 Å². The molecule has 3 aromatic rings. The molecule has 1 unspecified atom stereocenters. The van der Waals surface area contributed by atoms with Crippen molar-refractivity contribution in [2.24, 2.45) is 0 Å². The molecule has 5 rings (SSSR count). The molecule has 0 saturated carbocycles. The zero-order valence-electron chi connectivity index (χ0n) is 23.6. The van der Waals surface area contributed by atoms with Crippen LogP contribution in [0.2, 0.25) is 0 Å². The van der Waals surface area contributed by atoms with E-state index in [1.54, 1.807) is 14.1 Å². The van der Waals surface area contributed by atoms with Crippen molar-refractivity contribution < 1.29 is 19.1 Å². The molecule has 2 aliphatic heterocycles. The van der Waals surface area contributed by atoms with E-state index >= 15 is 0 Å². The molecule has 0 spiro atoms. The van der Waals surface area contributed by atoms with Crippen LogP contribution in [0.1, 0.15) is 12.8 Å². The summed E-state index contributed by atoms with van der Waals surface area (Å²) in [5.74, 6) is -0.0943. The summed E-state index contributed by atoms with van der Waals surface area (Å²) in [6, 6.07) is 30.3. The fraction of sp³-hybridized carbons (Fsp3) is 0.303. The molecule has 8 heteroatoms. The topological polar surface area (TPSA) is 70.2 Å². The van der Waals surface area contributed by atoms with E-state index in [1.807, 2.05) is 59.5 Å². The van der Waals surface area contributed by atoms with Gasteiger partial charge >= 0.3 is 6.09 Å². The lowest BCUT2D eigenvalue weighted by molar-refractivity contribution is -0.133. The zero-order chi connectivity index (χ0) is 29.0. The quantitative estimate of drug-likeness (QED) is 0.308. The highest BCUT2D eigenvalue weighted by Gasteiger charge is 2.60. The van der Waals surface area contributed by atoms with Gasteiger partial charge in [-0.15, -0.1) is 0 Å². The predicted octanol–water partition coefficient (Wildman–Crippen LogP) is 3.44. The number of likely N-dealkylation sites (N-methyl/N-ethyl adjacent to an activating group) is 1. The lowest BCUT2D eigenvalue weighted by Gasteiger charge is -2.32. The number of likely N-dealkylation sites (tertiary alicyclic amines) is 2. The minimum Gasteiger partial charge on any atom is -0.445 e. The van der Waals surface area contributed by atoms with E-state index in [0.717, 1.165) is 0 Å². The summed E-state index contributed by atoms with van der Waals surface area (Å²) < 4.78 is 5.32. The van der Waals surface area contributed by atoms with Crippen LogP contribution >= 0.6 is 7.26 Å². The molecule has 2 saturated heterocycles. The number of hydrogen-bond donors (Lipinski definition) is 0. The van der Waals surface area contributed by atoms with Crippen molar-refractivity contribution in [1.29, 1.82) is 0 Å². The van der Waals surface area contributed by atoms with Gasteiger partial charge in [-0.05, 0) is 42.8 Å².